The van der Waals surface area contributed by atoms with Gasteiger partial charge in [0.1, 0.15) is 18.0 Å². The molecule has 308 valence electrons. The van der Waals surface area contributed by atoms with Crippen LogP contribution in [0, 0.1) is 17.8 Å². The first kappa shape index (κ1) is 43.3. The van der Waals surface area contributed by atoms with E-state index in [1.54, 1.807) is 33.9 Å². The molecule has 56 heavy (non-hydrogen) atoms. The van der Waals surface area contributed by atoms with Gasteiger partial charge in [-0.25, -0.2) is 14.0 Å². The Hall–Kier alpha value is -3.82. The van der Waals surface area contributed by atoms with Crippen LogP contribution in [0.5, 0.6) is 0 Å². The van der Waals surface area contributed by atoms with Crippen molar-refractivity contribution in [3.05, 3.63) is 48.2 Å². The first-order valence-electron chi connectivity index (χ1n) is 19.4. The number of halogens is 1. The van der Waals surface area contributed by atoms with Crippen LogP contribution < -0.4 is 5.32 Å². The number of ketones is 2. The van der Waals surface area contributed by atoms with Gasteiger partial charge in [-0.15, -0.1) is 0 Å². The molecule has 9 unspecified atom stereocenters. The summed E-state index contributed by atoms with van der Waals surface area (Å²) >= 11 is 0. The summed E-state index contributed by atoms with van der Waals surface area (Å²) < 4.78 is 47.2. The molecule has 0 saturated carbocycles. The lowest BCUT2D eigenvalue weighted by molar-refractivity contribution is -0.295. The number of fused-ring (bicyclic) bond motifs is 2. The number of alkyl halides is 1. The van der Waals surface area contributed by atoms with Crippen molar-refractivity contribution in [1.29, 1.82) is 0 Å². The molecule has 0 spiro atoms. The number of carbonyl (C=O) groups excluding carboxylic acids is 4. The van der Waals surface area contributed by atoms with Crippen LogP contribution in [0.2, 0.25) is 0 Å². The zero-order valence-electron chi connectivity index (χ0n) is 34.1. The molecule has 2 aromatic rings. The zero-order valence-corrected chi connectivity index (χ0v) is 34.1. The number of rotatable bonds is 8. The maximum Gasteiger partial charge on any atom is 0.408 e. The molecule has 1 aromatic carbocycles. The number of aliphatic hydroxyl groups excluding tert-OH is 1. The number of aromatic nitrogens is 1. The summed E-state index contributed by atoms with van der Waals surface area (Å²) in [6.45, 7) is 10.6. The topological polar surface area (TPSA) is 163 Å². The number of aliphatic hydroxyl groups is 1. The van der Waals surface area contributed by atoms with Gasteiger partial charge in [-0.1, -0.05) is 51.1 Å². The van der Waals surface area contributed by atoms with Crippen molar-refractivity contribution < 1.29 is 52.4 Å². The molecule has 3 saturated heterocycles. The molecule has 0 aliphatic carbocycles. The fourth-order valence-corrected chi connectivity index (χ4v) is 8.69. The number of methoxy groups -OCH3 is 1. The van der Waals surface area contributed by atoms with Gasteiger partial charge in [-0.05, 0) is 85.2 Å². The third-order valence-corrected chi connectivity index (χ3v) is 12.1. The molecule has 13 atom stereocenters. The summed E-state index contributed by atoms with van der Waals surface area (Å²) in [7, 11) is 5.03. The largest absolute Gasteiger partial charge is 0.455 e. The predicted octanol–water partition coefficient (Wildman–Crippen LogP) is 5.20. The number of hydrogen-bond acceptors (Lipinski definition) is 12. The van der Waals surface area contributed by atoms with E-state index in [0.717, 1.165) is 23.4 Å². The van der Waals surface area contributed by atoms with Gasteiger partial charge in [0, 0.05) is 42.5 Å². The van der Waals surface area contributed by atoms with E-state index in [1.807, 2.05) is 68.4 Å². The Morgan fingerprint density at radius 3 is 2.45 bits per heavy atom. The van der Waals surface area contributed by atoms with Crippen molar-refractivity contribution >= 4 is 40.6 Å². The number of ether oxygens (including phenoxy) is 5. The molecular weight excluding hydrogens is 725 g/mol. The Bertz CT molecular complexity index is 1800. The van der Waals surface area contributed by atoms with E-state index in [1.165, 1.54) is 14.0 Å². The average Bonchev–Trinajstić information content (AvgIpc) is 3.48. The highest BCUT2D eigenvalue weighted by Crippen LogP contribution is 2.41. The number of benzene rings is 1. The van der Waals surface area contributed by atoms with Crippen LogP contribution in [0.4, 0.5) is 9.18 Å². The molecule has 0 radical (unpaired) electrons. The van der Waals surface area contributed by atoms with Gasteiger partial charge in [0.25, 0.3) is 5.67 Å². The van der Waals surface area contributed by atoms with Gasteiger partial charge in [-0.2, -0.15) is 0 Å². The number of cyclic esters (lactones) is 1. The van der Waals surface area contributed by atoms with Crippen molar-refractivity contribution in [2.24, 2.45) is 17.8 Å². The molecule has 2 N–H and O–H groups in total. The number of alkyl carbamates (subject to hydrolysis) is 1. The van der Waals surface area contributed by atoms with Crippen LogP contribution in [-0.4, -0.2) is 119 Å². The van der Waals surface area contributed by atoms with Gasteiger partial charge >= 0.3 is 12.1 Å². The number of likely N-dealkylation sites (N-methyl/N-ethyl adjacent to an activating group) is 1. The summed E-state index contributed by atoms with van der Waals surface area (Å²) in [5.74, 6) is -5.89. The maximum atomic E-state index is 17.0. The number of esters is 1. The smallest absolute Gasteiger partial charge is 0.408 e. The lowest BCUT2D eigenvalue weighted by Gasteiger charge is -2.47. The van der Waals surface area contributed by atoms with Crippen LogP contribution in [0.25, 0.3) is 17.0 Å². The van der Waals surface area contributed by atoms with Gasteiger partial charge in [0.05, 0.1) is 29.4 Å². The molecule has 0 bridgehead atoms. The van der Waals surface area contributed by atoms with E-state index in [9.17, 15) is 24.3 Å². The first-order chi connectivity index (χ1) is 26.2. The van der Waals surface area contributed by atoms with Crippen molar-refractivity contribution in [3.63, 3.8) is 0 Å². The Labute approximate surface area is 328 Å². The molecule has 1 amide bonds. The monoisotopic (exact) mass is 783 g/mol. The minimum Gasteiger partial charge on any atom is -0.455 e. The van der Waals surface area contributed by atoms with Gasteiger partial charge < -0.3 is 39.0 Å². The quantitative estimate of drug-likeness (QED) is 0.266. The van der Waals surface area contributed by atoms with E-state index >= 15 is 4.39 Å². The Kier molecular flexibility index (Phi) is 13.1. The van der Waals surface area contributed by atoms with Crippen LogP contribution in [-0.2, 0) is 38.1 Å². The van der Waals surface area contributed by atoms with Crippen LogP contribution >= 0.6 is 0 Å². The van der Waals surface area contributed by atoms with E-state index in [-0.39, 0.29) is 37.2 Å². The number of hydrogen-bond donors (Lipinski definition) is 2. The van der Waals surface area contributed by atoms with Crippen LogP contribution in [0.1, 0.15) is 79.7 Å². The Morgan fingerprint density at radius 2 is 1.77 bits per heavy atom. The third-order valence-electron chi connectivity index (χ3n) is 12.1. The number of allylic oxidation sites excluding steroid dienone is 1. The van der Waals surface area contributed by atoms with Crippen LogP contribution in [0.3, 0.4) is 0 Å². The first-order valence-corrected chi connectivity index (χ1v) is 19.4. The SMILES string of the molecule is COC1(C)C[C@@H](C)C(=O)[C@H](C)C2NC(=O)OC2(C)[C@@H](CC/C=C/c2cnc3ccccc3c2)OC(=O)C(C)(F)C(=O)[C@H](C)C1OC1OC(C)CC(N(C)C)C1O. The highest BCUT2D eigenvalue weighted by molar-refractivity contribution is 6.08. The van der Waals surface area contributed by atoms with E-state index < -0.39 is 83.1 Å². The average molecular weight is 784 g/mol. The molecule has 5 rings (SSSR count). The molecule has 3 fully saturated rings. The summed E-state index contributed by atoms with van der Waals surface area (Å²) in [5, 5.41) is 15.1. The number of para-hydroxylation sites is 1. The minimum absolute atomic E-state index is 0.00598. The summed E-state index contributed by atoms with van der Waals surface area (Å²) in [5.41, 5.74) is -4.60. The Balaban J connectivity index is 1.51. The molecule has 13 nitrogen and oxygen atoms in total. The number of nitrogens with zero attached hydrogens (tertiary/aromatic N) is 2. The standard InChI is InChI=1S/C42H58FN3O10/c1-23-21-40(5,52-10)36(55-37-33(48)30(46(8)9)19-24(2)53-37)26(4)35(49)41(6,43)38(50)54-31(42(7)34(25(3)32(23)47)45-39(51)56-42)18-14-11-15-27-20-28-16-12-13-17-29(28)44-22-27/h11-13,15-17,20,22-26,30-31,33-34,36-37,48H,14,18-19,21H2,1-10H3,(H,45,51)/b15-11+/t23-,24?,25+,26+,30?,31-,33?,34?,36?,37?,40?,41?,42?/m1/s1. The second-order valence-corrected chi connectivity index (χ2v) is 16.6. The van der Waals surface area contributed by atoms with E-state index in [2.05, 4.69) is 10.3 Å². The van der Waals surface area contributed by atoms with Gasteiger partial charge in [0.15, 0.2) is 17.7 Å². The fraction of sp³-hybridized carbons (Fsp3) is 0.643. The molecule has 3 aliphatic heterocycles. The predicted molar refractivity (Wildman–Crippen MR) is 206 cm³/mol. The fourth-order valence-electron chi connectivity index (χ4n) is 8.69. The lowest BCUT2D eigenvalue weighted by Crippen LogP contribution is -2.61. The second kappa shape index (κ2) is 17.0. The molecule has 3 aliphatic rings. The van der Waals surface area contributed by atoms with E-state index in [4.69, 9.17) is 23.7 Å². The summed E-state index contributed by atoms with van der Waals surface area (Å²) in [6.07, 6.45) is 0.0794. The molecule has 14 heteroatoms. The summed E-state index contributed by atoms with van der Waals surface area (Å²) in [4.78, 5) is 61.9. The van der Waals surface area contributed by atoms with Crippen molar-refractivity contribution in [1.82, 2.24) is 15.2 Å². The molecular formula is C42H58FN3O10. The van der Waals surface area contributed by atoms with E-state index in [0.29, 0.717) is 6.42 Å². The molecule has 4 heterocycles. The number of Topliss-reactive ketones (excluding diaryl/α,β-unsaturated/α-hetero) is 2. The third kappa shape index (κ3) is 8.69. The van der Waals surface area contributed by atoms with Crippen molar-refractivity contribution in [3.8, 4) is 0 Å². The normalized spacial score (nSPS) is 38.9. The zero-order chi connectivity index (χ0) is 41.3. The maximum absolute atomic E-state index is 17.0. The lowest BCUT2D eigenvalue weighted by atomic mass is 9.73. The second-order valence-electron chi connectivity index (χ2n) is 16.6. The van der Waals surface area contributed by atoms with Crippen molar-refractivity contribution in [2.45, 2.75) is 134 Å². The minimum atomic E-state index is -3.20. The number of pyridine rings is 1. The molecule has 1 aromatic heterocycles. The Morgan fingerprint density at radius 1 is 1.07 bits per heavy atom. The van der Waals surface area contributed by atoms with Crippen molar-refractivity contribution in [2.75, 3.05) is 21.2 Å². The number of amides is 1. The number of carbonyl (C=O) groups is 4. The summed E-state index contributed by atoms with van der Waals surface area (Å²) in [6, 6.07) is 8.32. The van der Waals surface area contributed by atoms with Gasteiger partial charge in [-0.3, -0.25) is 14.6 Å². The number of nitrogens with one attached hydrogen (secondary N) is 1. The highest BCUT2D eigenvalue weighted by atomic mass is 19.1. The van der Waals surface area contributed by atoms with Gasteiger partial charge in [0.2, 0.25) is 0 Å². The van der Waals surface area contributed by atoms with Crippen LogP contribution in [0.15, 0.2) is 42.6 Å². The highest BCUT2D eigenvalue weighted by Gasteiger charge is 2.59.